The Balaban J connectivity index is 1.89. The van der Waals surface area contributed by atoms with Crippen molar-refractivity contribution in [2.24, 2.45) is 0 Å². The quantitative estimate of drug-likeness (QED) is 0.760. The van der Waals surface area contributed by atoms with Crippen LogP contribution < -0.4 is 5.32 Å². The Kier molecular flexibility index (Phi) is 5.74. The van der Waals surface area contributed by atoms with E-state index in [1.54, 1.807) is 0 Å². The number of alkyl halides is 3. The molecule has 1 aliphatic carbocycles. The van der Waals surface area contributed by atoms with Crippen LogP contribution in [0, 0.1) is 0 Å². The number of carboxylic acids is 1. The molecule has 5 nitrogen and oxygen atoms in total. The highest BCUT2D eigenvalue weighted by Crippen LogP contribution is 2.33. The van der Waals surface area contributed by atoms with Gasteiger partial charge in [-0.15, -0.1) is 0 Å². The van der Waals surface area contributed by atoms with Crippen molar-refractivity contribution in [2.75, 3.05) is 5.75 Å². The average molecular weight is 362 g/mol. The van der Waals surface area contributed by atoms with E-state index in [2.05, 4.69) is 10.3 Å². The van der Waals surface area contributed by atoms with E-state index >= 15 is 0 Å². The normalized spacial score (nSPS) is 16.8. The Morgan fingerprint density at radius 2 is 1.96 bits per heavy atom. The van der Waals surface area contributed by atoms with Crippen molar-refractivity contribution in [3.8, 4) is 0 Å². The smallest absolute Gasteiger partial charge is 0.417 e. The largest absolute Gasteiger partial charge is 0.481 e. The lowest BCUT2D eigenvalue weighted by molar-refractivity contribution is -0.139. The number of hydrogen-bond acceptors (Lipinski definition) is 4. The van der Waals surface area contributed by atoms with Crippen molar-refractivity contribution < 1.29 is 27.9 Å². The number of nitrogens with one attached hydrogen (secondary N) is 1. The molecule has 0 radical (unpaired) electrons. The van der Waals surface area contributed by atoms with Gasteiger partial charge in [0.1, 0.15) is 0 Å². The number of carbonyl (C=O) groups excluding carboxylic acids is 1. The minimum atomic E-state index is -4.45. The average Bonchev–Trinajstić information content (AvgIpc) is 2.91. The number of hydrogen-bond donors (Lipinski definition) is 2. The van der Waals surface area contributed by atoms with Crippen molar-refractivity contribution in [3.05, 3.63) is 23.9 Å². The lowest BCUT2D eigenvalue weighted by atomic mass is 9.93. The van der Waals surface area contributed by atoms with Gasteiger partial charge in [0.2, 0.25) is 5.91 Å². The third-order valence-electron chi connectivity index (χ3n) is 3.87. The Morgan fingerprint density at radius 1 is 1.29 bits per heavy atom. The third-order valence-corrected chi connectivity index (χ3v) is 4.81. The Hall–Kier alpha value is -1.77. The van der Waals surface area contributed by atoms with E-state index < -0.39 is 23.2 Å². The molecule has 0 bridgehead atoms. The zero-order valence-corrected chi connectivity index (χ0v) is 13.5. The molecule has 1 aromatic rings. The summed E-state index contributed by atoms with van der Waals surface area (Å²) in [5, 5.41) is 12.1. The van der Waals surface area contributed by atoms with Crippen molar-refractivity contribution in [1.29, 1.82) is 0 Å². The fourth-order valence-electron chi connectivity index (χ4n) is 2.79. The van der Waals surface area contributed by atoms with Crippen LogP contribution in [0.15, 0.2) is 23.4 Å². The third kappa shape index (κ3) is 5.12. The van der Waals surface area contributed by atoms with Gasteiger partial charge in [0.15, 0.2) is 0 Å². The van der Waals surface area contributed by atoms with Crippen LogP contribution >= 0.6 is 11.8 Å². The maximum atomic E-state index is 12.4. The summed E-state index contributed by atoms with van der Waals surface area (Å²) in [6.07, 6.45) is -0.880. The molecule has 1 aromatic heterocycles. The number of thioether (sulfide) groups is 1. The van der Waals surface area contributed by atoms with Gasteiger partial charge in [-0.1, -0.05) is 24.6 Å². The highest BCUT2D eigenvalue weighted by molar-refractivity contribution is 7.99. The molecule has 24 heavy (non-hydrogen) atoms. The van der Waals surface area contributed by atoms with E-state index in [4.69, 9.17) is 5.11 Å². The maximum Gasteiger partial charge on any atom is 0.417 e. The van der Waals surface area contributed by atoms with Gasteiger partial charge >= 0.3 is 12.1 Å². The number of rotatable bonds is 6. The highest BCUT2D eigenvalue weighted by Gasteiger charge is 2.37. The lowest BCUT2D eigenvalue weighted by Crippen LogP contribution is -2.48. The first-order chi connectivity index (χ1) is 11.2. The number of carbonyl (C=O) groups is 2. The molecule has 132 valence electrons. The van der Waals surface area contributed by atoms with Gasteiger partial charge in [-0.2, -0.15) is 13.2 Å². The maximum absolute atomic E-state index is 12.4. The number of halogens is 3. The summed E-state index contributed by atoms with van der Waals surface area (Å²) in [4.78, 5) is 26.7. The second-order valence-corrected chi connectivity index (χ2v) is 6.77. The Morgan fingerprint density at radius 3 is 2.46 bits per heavy atom. The van der Waals surface area contributed by atoms with E-state index in [9.17, 15) is 22.8 Å². The fourth-order valence-corrected chi connectivity index (χ4v) is 3.43. The monoisotopic (exact) mass is 362 g/mol. The lowest BCUT2D eigenvalue weighted by Gasteiger charge is -2.28. The van der Waals surface area contributed by atoms with E-state index in [1.807, 2.05) is 0 Å². The minimum Gasteiger partial charge on any atom is -0.481 e. The molecule has 1 amide bonds. The van der Waals surface area contributed by atoms with Crippen LogP contribution in [0.4, 0.5) is 13.2 Å². The molecule has 9 heteroatoms. The molecule has 0 spiro atoms. The van der Waals surface area contributed by atoms with E-state index in [-0.39, 0.29) is 18.1 Å². The molecule has 0 aliphatic heterocycles. The van der Waals surface area contributed by atoms with Crippen LogP contribution in [0.25, 0.3) is 0 Å². The summed E-state index contributed by atoms with van der Waals surface area (Å²) in [5.41, 5.74) is -1.56. The molecule has 2 N–H and O–H groups in total. The number of aromatic nitrogens is 1. The first-order valence-corrected chi connectivity index (χ1v) is 8.38. The predicted molar refractivity (Wildman–Crippen MR) is 81.6 cm³/mol. The van der Waals surface area contributed by atoms with Crippen molar-refractivity contribution in [3.63, 3.8) is 0 Å². The SMILES string of the molecule is O=C(O)CC1(NC(=O)CSc2ccc(C(F)(F)F)cn2)CCCC1. The first-order valence-electron chi connectivity index (χ1n) is 7.39. The molecule has 0 atom stereocenters. The van der Waals surface area contributed by atoms with Gasteiger partial charge in [0.25, 0.3) is 0 Å². The van der Waals surface area contributed by atoms with Crippen LogP contribution in [0.2, 0.25) is 0 Å². The summed E-state index contributed by atoms with van der Waals surface area (Å²) in [6.45, 7) is 0. The molecule has 1 heterocycles. The van der Waals surface area contributed by atoms with Gasteiger partial charge in [0.05, 0.1) is 28.3 Å². The summed E-state index contributed by atoms with van der Waals surface area (Å²) in [6, 6.07) is 2.12. The van der Waals surface area contributed by atoms with E-state index in [1.165, 1.54) is 6.07 Å². The van der Waals surface area contributed by atoms with Crippen molar-refractivity contribution in [2.45, 2.75) is 48.8 Å². The summed E-state index contributed by atoms with van der Waals surface area (Å²) < 4.78 is 37.3. The van der Waals surface area contributed by atoms with Crippen molar-refractivity contribution in [1.82, 2.24) is 10.3 Å². The van der Waals surface area contributed by atoms with E-state index in [0.717, 1.165) is 36.9 Å². The molecule has 1 fully saturated rings. The molecular weight excluding hydrogens is 345 g/mol. The van der Waals surface area contributed by atoms with Crippen LogP contribution in [-0.4, -0.2) is 33.3 Å². The van der Waals surface area contributed by atoms with Crippen LogP contribution in [0.3, 0.4) is 0 Å². The van der Waals surface area contributed by atoms with E-state index in [0.29, 0.717) is 17.9 Å². The molecule has 0 unspecified atom stereocenters. The zero-order chi connectivity index (χ0) is 17.8. The first kappa shape index (κ1) is 18.6. The van der Waals surface area contributed by atoms with Gasteiger partial charge < -0.3 is 10.4 Å². The molecule has 2 rings (SSSR count). The topological polar surface area (TPSA) is 79.3 Å². The molecular formula is C15H17F3N2O3S. The molecule has 1 saturated carbocycles. The van der Waals surface area contributed by atoms with Gasteiger partial charge in [-0.05, 0) is 25.0 Å². The number of pyridine rings is 1. The van der Waals surface area contributed by atoms with Crippen molar-refractivity contribution >= 4 is 23.6 Å². The minimum absolute atomic E-state index is 0.0280. The summed E-state index contributed by atoms with van der Waals surface area (Å²) >= 11 is 1.01. The number of nitrogens with zero attached hydrogens (tertiary/aromatic N) is 1. The van der Waals surface area contributed by atoms with Crippen LogP contribution in [-0.2, 0) is 15.8 Å². The fraction of sp³-hybridized carbons (Fsp3) is 0.533. The standard InChI is InChI=1S/C15H17F3N2O3S/c16-15(17,18)10-3-4-12(19-8-10)24-9-11(21)20-14(7-13(22)23)5-1-2-6-14/h3-4,8H,1-2,5-7,9H2,(H,20,21)(H,22,23). The number of carboxylic acid groups (broad SMARTS) is 1. The molecule has 1 aliphatic rings. The van der Waals surface area contributed by atoms with Crippen LogP contribution in [0.1, 0.15) is 37.7 Å². The second-order valence-electron chi connectivity index (χ2n) is 5.78. The zero-order valence-electron chi connectivity index (χ0n) is 12.7. The summed E-state index contributed by atoms with van der Waals surface area (Å²) in [7, 11) is 0. The molecule has 0 saturated heterocycles. The van der Waals surface area contributed by atoms with Gasteiger partial charge in [0, 0.05) is 6.20 Å². The Bertz CT molecular complexity index is 599. The predicted octanol–water partition coefficient (Wildman–Crippen LogP) is 3.10. The highest BCUT2D eigenvalue weighted by atomic mass is 32.2. The van der Waals surface area contributed by atoms with Crippen LogP contribution in [0.5, 0.6) is 0 Å². The van der Waals surface area contributed by atoms with Gasteiger partial charge in [-0.3, -0.25) is 9.59 Å². The Labute approximate surface area is 141 Å². The molecule has 0 aromatic carbocycles. The second kappa shape index (κ2) is 7.42. The summed E-state index contributed by atoms with van der Waals surface area (Å²) in [5.74, 6) is -1.33. The van der Waals surface area contributed by atoms with Gasteiger partial charge in [-0.25, -0.2) is 4.98 Å². The number of aliphatic carboxylic acids is 1. The number of amides is 1.